The molecule has 1 aromatic carbocycles. The number of para-hydroxylation sites is 2. The van der Waals surface area contributed by atoms with Crippen molar-refractivity contribution in [2.24, 2.45) is 28.6 Å². The molecule has 0 aliphatic heterocycles. The van der Waals surface area contributed by atoms with Crippen molar-refractivity contribution >= 4 is 16.8 Å². The quantitative estimate of drug-likeness (QED) is 0.619. The molecule has 4 aliphatic carbocycles. The molecule has 150 valence electrons. The van der Waals surface area contributed by atoms with E-state index in [9.17, 15) is 4.79 Å². The van der Waals surface area contributed by atoms with Gasteiger partial charge in [0.2, 0.25) is 0 Å². The van der Waals surface area contributed by atoms with Crippen LogP contribution in [0.1, 0.15) is 51.9 Å². The molecule has 5 atom stereocenters. The van der Waals surface area contributed by atoms with E-state index in [0.717, 1.165) is 49.1 Å². The van der Waals surface area contributed by atoms with Crippen molar-refractivity contribution in [1.82, 2.24) is 9.55 Å². The summed E-state index contributed by atoms with van der Waals surface area (Å²) in [5.41, 5.74) is 4.35. The summed E-state index contributed by atoms with van der Waals surface area (Å²) in [4.78, 5) is 16.7. The van der Waals surface area contributed by atoms with Crippen molar-refractivity contribution in [1.29, 1.82) is 0 Å². The van der Waals surface area contributed by atoms with E-state index in [-0.39, 0.29) is 10.8 Å². The Morgan fingerprint density at radius 3 is 2.97 bits per heavy atom. The molecule has 4 aliphatic rings. The zero-order valence-electron chi connectivity index (χ0n) is 17.3. The summed E-state index contributed by atoms with van der Waals surface area (Å²) in [6.45, 7) is 3.52. The predicted octanol–water partition coefficient (Wildman–Crippen LogP) is 5.71. The highest BCUT2D eigenvalue weighted by molar-refractivity contribution is 5.91. The first-order valence-corrected chi connectivity index (χ1v) is 11.4. The van der Waals surface area contributed by atoms with Gasteiger partial charge in [0.1, 0.15) is 0 Å². The van der Waals surface area contributed by atoms with Gasteiger partial charge in [-0.2, -0.15) is 0 Å². The molecule has 0 amide bonds. The molecule has 1 aromatic heterocycles. The summed E-state index contributed by atoms with van der Waals surface area (Å²) in [6, 6.07) is 8.51. The van der Waals surface area contributed by atoms with Crippen molar-refractivity contribution in [3.63, 3.8) is 0 Å². The zero-order chi connectivity index (χ0) is 19.6. The standard InChI is InChI=1S/C26H30N2O/c1-25-13-10-19(29)15-18(25)8-9-20-21(25)11-14-26(12-4-5-22(20)26)16-28-17-27-23-6-2-3-7-24(23)28/h2-4,6-7,12,15,17,20-22H,5,8-11,13-14,16H2,1H3/t20-,21+,22+,25+,26+/m1/s1. The summed E-state index contributed by atoms with van der Waals surface area (Å²) >= 11 is 0. The number of allylic oxidation sites excluding steroid dienone is 4. The van der Waals surface area contributed by atoms with E-state index in [1.165, 1.54) is 36.8 Å². The lowest BCUT2D eigenvalue weighted by molar-refractivity contribution is -0.117. The Hall–Kier alpha value is -2.16. The summed E-state index contributed by atoms with van der Waals surface area (Å²) in [5, 5.41) is 0. The van der Waals surface area contributed by atoms with Gasteiger partial charge in [-0.3, -0.25) is 4.79 Å². The van der Waals surface area contributed by atoms with Crippen LogP contribution < -0.4 is 0 Å². The summed E-state index contributed by atoms with van der Waals surface area (Å²) < 4.78 is 2.40. The van der Waals surface area contributed by atoms with E-state index in [4.69, 9.17) is 0 Å². The van der Waals surface area contributed by atoms with Gasteiger partial charge in [-0.05, 0) is 79.9 Å². The molecule has 1 heterocycles. The van der Waals surface area contributed by atoms with Crippen LogP contribution in [0.25, 0.3) is 11.0 Å². The SMILES string of the molecule is C[C@]12CCC(=O)C=C1CC[C@H]1[C@@H]3CC=C[C@@]3(Cn3cnc4ccccc43)CC[C@@H]12. The molecule has 0 spiro atoms. The normalized spacial score (nSPS) is 38.4. The van der Waals surface area contributed by atoms with Crippen molar-refractivity contribution in [3.05, 3.63) is 54.4 Å². The van der Waals surface area contributed by atoms with Gasteiger partial charge in [-0.1, -0.05) is 36.8 Å². The number of aromatic nitrogens is 2. The van der Waals surface area contributed by atoms with Gasteiger partial charge in [0.15, 0.2) is 5.78 Å². The number of fused-ring (bicyclic) bond motifs is 6. The second kappa shape index (κ2) is 6.17. The number of carbonyl (C=O) groups excluding carboxylic acids is 1. The van der Waals surface area contributed by atoms with Crippen LogP contribution in [0.4, 0.5) is 0 Å². The molecule has 0 saturated heterocycles. The largest absolute Gasteiger partial charge is 0.330 e. The topological polar surface area (TPSA) is 34.9 Å². The second-order valence-electron chi connectivity index (χ2n) is 10.2. The molecule has 2 aromatic rings. The summed E-state index contributed by atoms with van der Waals surface area (Å²) in [7, 11) is 0. The Morgan fingerprint density at radius 1 is 1.14 bits per heavy atom. The summed E-state index contributed by atoms with van der Waals surface area (Å²) in [5.74, 6) is 2.62. The maximum Gasteiger partial charge on any atom is 0.155 e. The molecular weight excluding hydrogens is 356 g/mol. The van der Waals surface area contributed by atoms with E-state index < -0.39 is 0 Å². The van der Waals surface area contributed by atoms with Crippen LogP contribution in [0.15, 0.2) is 54.4 Å². The van der Waals surface area contributed by atoms with Crippen LogP contribution in [0.2, 0.25) is 0 Å². The third kappa shape index (κ3) is 2.49. The van der Waals surface area contributed by atoms with Gasteiger partial charge in [0, 0.05) is 18.4 Å². The molecule has 0 radical (unpaired) electrons. The molecule has 3 nitrogen and oxygen atoms in total. The molecule has 0 unspecified atom stereocenters. The average molecular weight is 387 g/mol. The third-order valence-corrected chi connectivity index (χ3v) is 9.05. The minimum Gasteiger partial charge on any atom is -0.330 e. The molecular formula is C26H30N2O. The lowest BCUT2D eigenvalue weighted by atomic mass is 9.47. The Bertz CT molecular complexity index is 1050. The van der Waals surface area contributed by atoms with E-state index >= 15 is 0 Å². The van der Waals surface area contributed by atoms with Crippen LogP contribution in [0.5, 0.6) is 0 Å². The van der Waals surface area contributed by atoms with Gasteiger partial charge in [0.25, 0.3) is 0 Å². The molecule has 29 heavy (non-hydrogen) atoms. The lowest BCUT2D eigenvalue weighted by Gasteiger charge is -2.57. The number of nitrogens with zero attached hydrogens (tertiary/aromatic N) is 2. The average Bonchev–Trinajstić information content (AvgIpc) is 3.33. The van der Waals surface area contributed by atoms with Gasteiger partial charge in [-0.25, -0.2) is 4.98 Å². The maximum absolute atomic E-state index is 12.0. The Morgan fingerprint density at radius 2 is 2.03 bits per heavy atom. The van der Waals surface area contributed by atoms with E-state index in [1.54, 1.807) is 0 Å². The van der Waals surface area contributed by atoms with Gasteiger partial charge in [0.05, 0.1) is 17.4 Å². The first-order chi connectivity index (χ1) is 14.1. The monoisotopic (exact) mass is 386 g/mol. The molecule has 0 bridgehead atoms. The van der Waals surface area contributed by atoms with Crippen LogP contribution in [-0.2, 0) is 11.3 Å². The molecule has 2 fully saturated rings. The zero-order valence-corrected chi connectivity index (χ0v) is 17.3. The van der Waals surface area contributed by atoms with Crippen LogP contribution in [0.3, 0.4) is 0 Å². The predicted molar refractivity (Wildman–Crippen MR) is 115 cm³/mol. The lowest BCUT2D eigenvalue weighted by Crippen LogP contribution is -2.51. The molecule has 2 saturated carbocycles. The number of hydrogen-bond donors (Lipinski definition) is 0. The number of ketones is 1. The fraction of sp³-hybridized carbons (Fsp3) is 0.538. The first-order valence-electron chi connectivity index (χ1n) is 11.4. The van der Waals surface area contributed by atoms with E-state index in [0.29, 0.717) is 5.78 Å². The van der Waals surface area contributed by atoms with Gasteiger partial charge < -0.3 is 4.57 Å². The third-order valence-electron chi connectivity index (χ3n) is 9.05. The van der Waals surface area contributed by atoms with E-state index in [2.05, 4.69) is 52.9 Å². The summed E-state index contributed by atoms with van der Waals surface area (Å²) in [6.07, 6.45) is 17.1. The minimum atomic E-state index is 0.257. The Balaban J connectivity index is 1.34. The van der Waals surface area contributed by atoms with Crippen molar-refractivity contribution in [2.75, 3.05) is 0 Å². The molecule has 6 rings (SSSR count). The van der Waals surface area contributed by atoms with Crippen LogP contribution in [0, 0.1) is 28.6 Å². The number of hydrogen-bond acceptors (Lipinski definition) is 2. The first kappa shape index (κ1) is 17.7. The van der Waals surface area contributed by atoms with Crippen LogP contribution >= 0.6 is 0 Å². The Kier molecular flexibility index (Phi) is 3.76. The molecule has 0 N–H and O–H groups in total. The van der Waals surface area contributed by atoms with Gasteiger partial charge in [-0.15, -0.1) is 0 Å². The van der Waals surface area contributed by atoms with Gasteiger partial charge >= 0.3 is 0 Å². The highest BCUT2D eigenvalue weighted by Crippen LogP contribution is 2.64. The van der Waals surface area contributed by atoms with Crippen molar-refractivity contribution < 1.29 is 4.79 Å². The fourth-order valence-corrected chi connectivity index (χ4v) is 7.57. The Labute approximate surface area is 172 Å². The van der Waals surface area contributed by atoms with Crippen molar-refractivity contribution in [2.45, 2.75) is 58.4 Å². The van der Waals surface area contributed by atoms with Crippen molar-refractivity contribution in [3.8, 4) is 0 Å². The second-order valence-corrected chi connectivity index (χ2v) is 10.2. The fourth-order valence-electron chi connectivity index (χ4n) is 7.57. The molecule has 3 heteroatoms. The maximum atomic E-state index is 12.0. The number of carbonyl (C=O) groups is 1. The minimum absolute atomic E-state index is 0.257. The number of benzene rings is 1. The van der Waals surface area contributed by atoms with E-state index in [1.807, 2.05) is 12.4 Å². The number of rotatable bonds is 2. The smallest absolute Gasteiger partial charge is 0.155 e. The highest BCUT2D eigenvalue weighted by Gasteiger charge is 2.56. The highest BCUT2D eigenvalue weighted by atomic mass is 16.1. The number of imidazole rings is 1. The van der Waals surface area contributed by atoms with Crippen LogP contribution in [-0.4, -0.2) is 15.3 Å².